The molecule has 0 aliphatic rings. The van der Waals surface area contributed by atoms with E-state index < -0.39 is 0 Å². The van der Waals surface area contributed by atoms with Crippen LogP contribution < -0.4 is 5.32 Å². The van der Waals surface area contributed by atoms with E-state index in [2.05, 4.69) is 36.5 Å². The largest absolute Gasteiger partial charge is 0.393 e. The third-order valence-corrected chi connectivity index (χ3v) is 2.50. The molecular formula is C13H21NO. The minimum atomic E-state index is -0.208. The van der Waals surface area contributed by atoms with Crippen LogP contribution >= 0.6 is 0 Å². The first-order chi connectivity index (χ1) is 7.22. The first kappa shape index (κ1) is 12.2. The summed E-state index contributed by atoms with van der Waals surface area (Å²) in [5.74, 6) is 0. The molecular weight excluding hydrogens is 186 g/mol. The van der Waals surface area contributed by atoms with Gasteiger partial charge in [-0.05, 0) is 37.4 Å². The highest BCUT2D eigenvalue weighted by atomic mass is 16.3. The normalized spacial score (nSPS) is 12.7. The van der Waals surface area contributed by atoms with Gasteiger partial charge in [0.1, 0.15) is 0 Å². The van der Waals surface area contributed by atoms with E-state index in [1.807, 2.05) is 6.92 Å². The Balaban J connectivity index is 2.25. The molecule has 2 N–H and O–H groups in total. The molecule has 2 nitrogen and oxygen atoms in total. The molecule has 0 unspecified atom stereocenters. The zero-order valence-corrected chi connectivity index (χ0v) is 9.66. The minimum absolute atomic E-state index is 0.208. The van der Waals surface area contributed by atoms with Crippen molar-refractivity contribution in [2.45, 2.75) is 39.3 Å². The number of aryl methyl sites for hydroxylation is 1. The predicted octanol–water partition coefficient (Wildman–Crippen LogP) is 2.11. The lowest BCUT2D eigenvalue weighted by Crippen LogP contribution is -2.18. The monoisotopic (exact) mass is 207 g/mol. The maximum atomic E-state index is 9.08. The quantitative estimate of drug-likeness (QED) is 0.700. The van der Waals surface area contributed by atoms with Gasteiger partial charge in [0.25, 0.3) is 0 Å². The van der Waals surface area contributed by atoms with E-state index in [1.165, 1.54) is 11.1 Å². The van der Waals surface area contributed by atoms with Gasteiger partial charge in [-0.25, -0.2) is 0 Å². The van der Waals surface area contributed by atoms with Gasteiger partial charge in [0.15, 0.2) is 0 Å². The molecule has 1 aromatic carbocycles. The van der Waals surface area contributed by atoms with Gasteiger partial charge < -0.3 is 10.4 Å². The Bertz CT molecular complexity index is 266. The van der Waals surface area contributed by atoms with Crippen LogP contribution in [-0.4, -0.2) is 17.8 Å². The lowest BCUT2D eigenvalue weighted by atomic mass is 10.1. The fourth-order valence-corrected chi connectivity index (χ4v) is 1.44. The number of rotatable bonds is 6. The van der Waals surface area contributed by atoms with E-state index in [9.17, 15) is 0 Å². The van der Waals surface area contributed by atoms with Gasteiger partial charge in [-0.2, -0.15) is 0 Å². The topological polar surface area (TPSA) is 32.3 Å². The van der Waals surface area contributed by atoms with E-state index in [-0.39, 0.29) is 6.10 Å². The highest BCUT2D eigenvalue weighted by Gasteiger charge is 1.96. The lowest BCUT2D eigenvalue weighted by Gasteiger charge is -2.07. The zero-order valence-electron chi connectivity index (χ0n) is 9.66. The molecule has 15 heavy (non-hydrogen) atoms. The van der Waals surface area contributed by atoms with E-state index in [4.69, 9.17) is 5.11 Å². The van der Waals surface area contributed by atoms with Crippen LogP contribution in [0.3, 0.4) is 0 Å². The Labute approximate surface area is 92.3 Å². The van der Waals surface area contributed by atoms with Crippen molar-refractivity contribution >= 4 is 0 Å². The van der Waals surface area contributed by atoms with Crippen molar-refractivity contribution < 1.29 is 5.11 Å². The van der Waals surface area contributed by atoms with Crippen LogP contribution in [0.5, 0.6) is 0 Å². The Hall–Kier alpha value is -0.860. The van der Waals surface area contributed by atoms with E-state index in [1.54, 1.807) is 0 Å². The molecule has 1 atom stereocenters. The van der Waals surface area contributed by atoms with E-state index in [0.29, 0.717) is 0 Å². The molecule has 2 heteroatoms. The predicted molar refractivity (Wildman–Crippen MR) is 63.8 cm³/mol. The SMILES string of the molecule is CCc1ccc(CNCC[C@H](C)O)cc1. The summed E-state index contributed by atoms with van der Waals surface area (Å²) in [6, 6.07) is 8.67. The Kier molecular flexibility index (Phi) is 5.37. The van der Waals surface area contributed by atoms with Gasteiger partial charge in [0.05, 0.1) is 6.10 Å². The van der Waals surface area contributed by atoms with Gasteiger partial charge in [0, 0.05) is 6.54 Å². The molecule has 0 spiro atoms. The van der Waals surface area contributed by atoms with E-state index >= 15 is 0 Å². The summed E-state index contributed by atoms with van der Waals surface area (Å²) in [6.45, 7) is 5.73. The van der Waals surface area contributed by atoms with Crippen molar-refractivity contribution in [2.75, 3.05) is 6.54 Å². The average molecular weight is 207 g/mol. The van der Waals surface area contributed by atoms with Crippen molar-refractivity contribution in [3.63, 3.8) is 0 Å². The molecule has 84 valence electrons. The lowest BCUT2D eigenvalue weighted by molar-refractivity contribution is 0.183. The van der Waals surface area contributed by atoms with E-state index in [0.717, 1.165) is 25.9 Å². The molecule has 0 saturated carbocycles. The Morgan fingerprint density at radius 3 is 2.33 bits per heavy atom. The van der Waals surface area contributed by atoms with Gasteiger partial charge in [-0.15, -0.1) is 0 Å². The summed E-state index contributed by atoms with van der Waals surface area (Å²) in [5, 5.41) is 12.4. The number of aliphatic hydroxyl groups is 1. The molecule has 0 aliphatic carbocycles. The van der Waals surface area contributed by atoms with Gasteiger partial charge in [-0.1, -0.05) is 31.2 Å². The summed E-state index contributed by atoms with van der Waals surface area (Å²) in [7, 11) is 0. The third kappa shape index (κ3) is 4.96. The van der Waals surface area contributed by atoms with Crippen LogP contribution in [0.1, 0.15) is 31.4 Å². The molecule has 0 heterocycles. The molecule has 0 radical (unpaired) electrons. The maximum absolute atomic E-state index is 9.08. The summed E-state index contributed by atoms with van der Waals surface area (Å²) in [6.07, 6.45) is 1.70. The van der Waals surface area contributed by atoms with Gasteiger partial charge >= 0.3 is 0 Å². The van der Waals surface area contributed by atoms with Crippen LogP contribution in [0.2, 0.25) is 0 Å². The molecule has 1 aromatic rings. The van der Waals surface area contributed by atoms with Crippen molar-refractivity contribution in [1.82, 2.24) is 5.32 Å². The minimum Gasteiger partial charge on any atom is -0.393 e. The number of hydrogen-bond acceptors (Lipinski definition) is 2. The maximum Gasteiger partial charge on any atom is 0.0524 e. The number of benzene rings is 1. The molecule has 0 amide bonds. The summed E-state index contributed by atoms with van der Waals surface area (Å²) < 4.78 is 0. The second kappa shape index (κ2) is 6.59. The second-order valence-corrected chi connectivity index (χ2v) is 3.98. The first-order valence-corrected chi connectivity index (χ1v) is 5.69. The smallest absolute Gasteiger partial charge is 0.0524 e. The number of nitrogens with one attached hydrogen (secondary N) is 1. The van der Waals surface area contributed by atoms with Crippen molar-refractivity contribution in [3.05, 3.63) is 35.4 Å². The summed E-state index contributed by atoms with van der Waals surface area (Å²) >= 11 is 0. The molecule has 0 bridgehead atoms. The number of hydrogen-bond donors (Lipinski definition) is 2. The fraction of sp³-hybridized carbons (Fsp3) is 0.538. The van der Waals surface area contributed by atoms with Crippen LogP contribution in [0.4, 0.5) is 0 Å². The molecule has 0 saturated heterocycles. The van der Waals surface area contributed by atoms with Crippen molar-refractivity contribution in [2.24, 2.45) is 0 Å². The molecule has 0 aliphatic heterocycles. The van der Waals surface area contributed by atoms with Crippen LogP contribution in [0.25, 0.3) is 0 Å². The molecule has 0 aromatic heterocycles. The molecule has 1 rings (SSSR count). The first-order valence-electron chi connectivity index (χ1n) is 5.69. The zero-order chi connectivity index (χ0) is 11.1. The highest BCUT2D eigenvalue weighted by molar-refractivity contribution is 5.22. The summed E-state index contributed by atoms with van der Waals surface area (Å²) in [5.41, 5.74) is 2.68. The summed E-state index contributed by atoms with van der Waals surface area (Å²) in [4.78, 5) is 0. The second-order valence-electron chi connectivity index (χ2n) is 3.98. The molecule has 0 fully saturated rings. The third-order valence-electron chi connectivity index (χ3n) is 2.50. The standard InChI is InChI=1S/C13H21NO/c1-3-12-4-6-13(7-5-12)10-14-9-8-11(2)15/h4-7,11,14-15H,3,8-10H2,1-2H3/t11-/m0/s1. The average Bonchev–Trinajstić information content (AvgIpc) is 2.25. The highest BCUT2D eigenvalue weighted by Crippen LogP contribution is 2.04. The Morgan fingerprint density at radius 2 is 1.80 bits per heavy atom. The van der Waals surface area contributed by atoms with Crippen molar-refractivity contribution in [1.29, 1.82) is 0 Å². The number of aliphatic hydroxyl groups excluding tert-OH is 1. The van der Waals surface area contributed by atoms with Crippen LogP contribution in [-0.2, 0) is 13.0 Å². The fourth-order valence-electron chi connectivity index (χ4n) is 1.44. The Morgan fingerprint density at radius 1 is 1.20 bits per heavy atom. The van der Waals surface area contributed by atoms with Crippen LogP contribution in [0.15, 0.2) is 24.3 Å². The van der Waals surface area contributed by atoms with Crippen molar-refractivity contribution in [3.8, 4) is 0 Å². The van der Waals surface area contributed by atoms with Crippen LogP contribution in [0, 0.1) is 0 Å². The van der Waals surface area contributed by atoms with Gasteiger partial charge in [-0.3, -0.25) is 0 Å². The van der Waals surface area contributed by atoms with Gasteiger partial charge in [0.2, 0.25) is 0 Å².